The summed E-state index contributed by atoms with van der Waals surface area (Å²) < 4.78 is 5.38. The van der Waals surface area contributed by atoms with Crippen molar-refractivity contribution >= 4 is 11.8 Å². The van der Waals surface area contributed by atoms with Gasteiger partial charge in [0.15, 0.2) is 0 Å². The molecule has 2 N–H and O–H groups in total. The highest BCUT2D eigenvalue weighted by Gasteiger charge is 2.11. The van der Waals surface area contributed by atoms with Crippen molar-refractivity contribution in [2.24, 2.45) is 0 Å². The second-order valence-electron chi connectivity index (χ2n) is 3.56. The number of hydrogen-bond donors (Lipinski definition) is 2. The first-order chi connectivity index (χ1) is 6.93. The number of nitrogens with one attached hydrogen (secondary N) is 1. The van der Waals surface area contributed by atoms with Crippen molar-refractivity contribution in [2.45, 2.75) is 25.3 Å². The third kappa shape index (κ3) is 5.86. The van der Waals surface area contributed by atoms with Crippen LogP contribution in [0.3, 0.4) is 0 Å². The van der Waals surface area contributed by atoms with E-state index in [0.717, 1.165) is 37.7 Å². The number of ether oxygens (including phenoxy) is 1. The van der Waals surface area contributed by atoms with Crippen molar-refractivity contribution in [1.29, 1.82) is 0 Å². The molecule has 1 unspecified atom stereocenters. The lowest BCUT2D eigenvalue weighted by Gasteiger charge is -2.23. The van der Waals surface area contributed by atoms with Crippen LogP contribution in [-0.2, 0) is 4.74 Å². The lowest BCUT2D eigenvalue weighted by molar-refractivity contribution is 0.0712. The Morgan fingerprint density at radius 3 is 3.07 bits per heavy atom. The Kier molecular flexibility index (Phi) is 7.50. The summed E-state index contributed by atoms with van der Waals surface area (Å²) in [6.07, 6.45) is 3.35. The van der Waals surface area contributed by atoms with Gasteiger partial charge in [-0.1, -0.05) is 0 Å². The number of thioether (sulfide) groups is 1. The molecule has 3 nitrogen and oxygen atoms in total. The molecule has 0 aromatic carbocycles. The number of aliphatic hydroxyl groups is 1. The highest BCUT2D eigenvalue weighted by Crippen LogP contribution is 2.06. The Morgan fingerprint density at radius 1 is 1.43 bits per heavy atom. The van der Waals surface area contributed by atoms with Crippen LogP contribution in [0.1, 0.15) is 19.3 Å². The SMILES string of the molecule is OCCCSCCNC1CCCOC1. The Bertz CT molecular complexity index is 129. The highest BCUT2D eigenvalue weighted by atomic mass is 32.2. The molecule has 0 saturated carbocycles. The minimum Gasteiger partial charge on any atom is -0.396 e. The van der Waals surface area contributed by atoms with E-state index in [1.165, 1.54) is 12.8 Å². The molecule has 0 bridgehead atoms. The zero-order valence-corrected chi connectivity index (χ0v) is 9.52. The van der Waals surface area contributed by atoms with E-state index in [2.05, 4.69) is 5.32 Å². The van der Waals surface area contributed by atoms with Crippen LogP contribution in [-0.4, -0.2) is 49.0 Å². The molecule has 0 aliphatic carbocycles. The fraction of sp³-hybridized carbons (Fsp3) is 1.00. The zero-order chi connectivity index (χ0) is 10.1. The fourth-order valence-corrected chi connectivity index (χ4v) is 2.31. The van der Waals surface area contributed by atoms with Crippen molar-refractivity contribution < 1.29 is 9.84 Å². The maximum absolute atomic E-state index is 8.58. The number of rotatable bonds is 7. The molecule has 0 radical (unpaired) electrons. The minimum absolute atomic E-state index is 0.316. The average molecular weight is 219 g/mol. The van der Waals surface area contributed by atoms with Gasteiger partial charge in [0.05, 0.1) is 6.61 Å². The van der Waals surface area contributed by atoms with Gasteiger partial charge < -0.3 is 15.2 Å². The topological polar surface area (TPSA) is 41.5 Å². The first kappa shape index (κ1) is 12.3. The zero-order valence-electron chi connectivity index (χ0n) is 8.71. The van der Waals surface area contributed by atoms with Gasteiger partial charge >= 0.3 is 0 Å². The van der Waals surface area contributed by atoms with E-state index in [4.69, 9.17) is 9.84 Å². The van der Waals surface area contributed by atoms with E-state index in [1.807, 2.05) is 11.8 Å². The van der Waals surface area contributed by atoms with Crippen LogP contribution in [0, 0.1) is 0 Å². The van der Waals surface area contributed by atoms with E-state index < -0.39 is 0 Å². The maximum atomic E-state index is 8.58. The molecule has 1 rings (SSSR count). The summed E-state index contributed by atoms with van der Waals surface area (Å²) in [5.41, 5.74) is 0. The van der Waals surface area contributed by atoms with Crippen LogP contribution < -0.4 is 5.32 Å². The van der Waals surface area contributed by atoms with Gasteiger partial charge in [-0.15, -0.1) is 0 Å². The quantitative estimate of drug-likeness (QED) is 0.624. The van der Waals surface area contributed by atoms with Crippen molar-refractivity contribution in [3.8, 4) is 0 Å². The molecule has 0 aromatic rings. The summed E-state index contributed by atoms with van der Waals surface area (Å²) in [4.78, 5) is 0. The standard InChI is InChI=1S/C10H21NO2S/c12-5-2-7-14-8-4-11-10-3-1-6-13-9-10/h10-12H,1-9H2. The summed E-state index contributed by atoms with van der Waals surface area (Å²) in [6.45, 7) is 3.19. The molecule has 14 heavy (non-hydrogen) atoms. The van der Waals surface area contributed by atoms with Gasteiger partial charge in [0.2, 0.25) is 0 Å². The van der Waals surface area contributed by atoms with Crippen LogP contribution in [0.5, 0.6) is 0 Å². The van der Waals surface area contributed by atoms with Crippen molar-refractivity contribution in [3.05, 3.63) is 0 Å². The van der Waals surface area contributed by atoms with E-state index in [1.54, 1.807) is 0 Å². The molecular weight excluding hydrogens is 198 g/mol. The highest BCUT2D eigenvalue weighted by molar-refractivity contribution is 7.99. The third-order valence-corrected chi connectivity index (χ3v) is 3.36. The first-order valence-corrected chi connectivity index (χ1v) is 6.58. The fourth-order valence-electron chi connectivity index (χ4n) is 1.51. The smallest absolute Gasteiger partial charge is 0.0619 e. The molecule has 1 atom stereocenters. The van der Waals surface area contributed by atoms with Crippen molar-refractivity contribution in [2.75, 3.05) is 37.9 Å². The second-order valence-corrected chi connectivity index (χ2v) is 4.78. The summed E-state index contributed by atoms with van der Waals surface area (Å²) in [5, 5.41) is 12.1. The predicted octanol–water partition coefficient (Wildman–Crippen LogP) is 0.871. The van der Waals surface area contributed by atoms with Gasteiger partial charge in [-0.25, -0.2) is 0 Å². The number of aliphatic hydroxyl groups excluding tert-OH is 1. The summed E-state index contributed by atoms with van der Waals surface area (Å²) in [5.74, 6) is 2.20. The maximum Gasteiger partial charge on any atom is 0.0619 e. The summed E-state index contributed by atoms with van der Waals surface area (Å²) in [6, 6.07) is 0.571. The van der Waals surface area contributed by atoms with Crippen LogP contribution in [0.25, 0.3) is 0 Å². The Balaban J connectivity index is 1.82. The lowest BCUT2D eigenvalue weighted by Crippen LogP contribution is -2.37. The normalized spacial score (nSPS) is 22.5. The third-order valence-electron chi connectivity index (χ3n) is 2.29. The van der Waals surface area contributed by atoms with Gasteiger partial charge in [0, 0.05) is 31.6 Å². The van der Waals surface area contributed by atoms with Crippen LogP contribution in [0.4, 0.5) is 0 Å². The van der Waals surface area contributed by atoms with Gasteiger partial charge in [-0.2, -0.15) is 11.8 Å². The van der Waals surface area contributed by atoms with Gasteiger partial charge in [0.25, 0.3) is 0 Å². The van der Waals surface area contributed by atoms with E-state index >= 15 is 0 Å². The van der Waals surface area contributed by atoms with Crippen LogP contribution in [0.15, 0.2) is 0 Å². The van der Waals surface area contributed by atoms with Gasteiger partial charge in [-0.3, -0.25) is 0 Å². The minimum atomic E-state index is 0.316. The summed E-state index contributed by atoms with van der Waals surface area (Å²) in [7, 11) is 0. The Morgan fingerprint density at radius 2 is 2.36 bits per heavy atom. The van der Waals surface area contributed by atoms with Gasteiger partial charge in [0.1, 0.15) is 0 Å². The Hall–Kier alpha value is 0.230. The predicted molar refractivity (Wildman–Crippen MR) is 60.9 cm³/mol. The molecule has 1 aliphatic heterocycles. The van der Waals surface area contributed by atoms with E-state index in [0.29, 0.717) is 12.6 Å². The molecule has 84 valence electrons. The Labute approximate surface area is 90.6 Å². The monoisotopic (exact) mass is 219 g/mol. The average Bonchev–Trinajstić information content (AvgIpc) is 2.25. The summed E-state index contributed by atoms with van der Waals surface area (Å²) >= 11 is 1.90. The van der Waals surface area contributed by atoms with Crippen LogP contribution in [0.2, 0.25) is 0 Å². The molecule has 0 amide bonds. The molecule has 1 fully saturated rings. The van der Waals surface area contributed by atoms with Crippen LogP contribution >= 0.6 is 11.8 Å². The van der Waals surface area contributed by atoms with Crippen molar-refractivity contribution in [3.63, 3.8) is 0 Å². The molecule has 0 spiro atoms. The number of hydrogen-bond acceptors (Lipinski definition) is 4. The lowest BCUT2D eigenvalue weighted by atomic mass is 10.1. The second kappa shape index (κ2) is 8.53. The molecule has 1 aliphatic rings. The van der Waals surface area contributed by atoms with E-state index in [-0.39, 0.29) is 0 Å². The van der Waals surface area contributed by atoms with Gasteiger partial charge in [-0.05, 0) is 25.0 Å². The first-order valence-electron chi connectivity index (χ1n) is 5.43. The molecular formula is C10H21NO2S. The molecule has 1 saturated heterocycles. The van der Waals surface area contributed by atoms with Crippen molar-refractivity contribution in [1.82, 2.24) is 5.32 Å². The molecule has 0 aromatic heterocycles. The molecule has 4 heteroatoms. The van der Waals surface area contributed by atoms with E-state index in [9.17, 15) is 0 Å². The molecule has 1 heterocycles. The largest absolute Gasteiger partial charge is 0.396 e.